The van der Waals surface area contributed by atoms with E-state index in [1.54, 1.807) is 29.8 Å². The number of aromatic amines is 1. The minimum Gasteiger partial charge on any atom is -0.391 e. The number of H-pyrrole nitrogens is 1. The van der Waals surface area contributed by atoms with Crippen molar-refractivity contribution in [3.05, 3.63) is 56.8 Å². The van der Waals surface area contributed by atoms with Crippen LogP contribution in [-0.2, 0) is 41.3 Å². The molecule has 400 valence electrons. The number of nitrogens with two attached hydrogens (primary N) is 3. The Morgan fingerprint density at radius 2 is 1.56 bits per heavy atom. The number of hydrogen-bond donors (Lipinski definition) is 13. The van der Waals surface area contributed by atoms with Gasteiger partial charge in [-0.15, -0.1) is 22.7 Å². The van der Waals surface area contributed by atoms with Crippen LogP contribution in [0.4, 0.5) is 5.82 Å². The molecule has 0 aliphatic heterocycles. The van der Waals surface area contributed by atoms with E-state index in [0.717, 1.165) is 12.2 Å². The maximum absolute atomic E-state index is 14.2. The monoisotopic (exact) mass is 1080 g/mol. The molecule has 0 unspecified atom stereocenters. The Morgan fingerprint density at radius 3 is 2.18 bits per heavy atom. The molecule has 29 heteroatoms. The molecule has 4 aromatic heterocycles. The van der Waals surface area contributed by atoms with E-state index in [2.05, 4.69) is 74.3 Å². The van der Waals surface area contributed by atoms with E-state index in [-0.39, 0.29) is 54.0 Å². The quantitative estimate of drug-likeness (QED) is 0.0191. The average Bonchev–Trinajstić information content (AvgIpc) is 4.15. The number of rotatable bonds is 29. The van der Waals surface area contributed by atoms with Crippen molar-refractivity contribution in [2.75, 3.05) is 56.9 Å². The molecule has 0 aromatic carbocycles. The summed E-state index contributed by atoms with van der Waals surface area (Å²) in [4.78, 5) is 117. The lowest BCUT2D eigenvalue weighted by molar-refractivity contribution is -0.136. The Bertz CT molecular complexity index is 2520. The first-order chi connectivity index (χ1) is 34.4. The molecular weight excluding hydrogens is 1010 g/mol. The summed E-state index contributed by atoms with van der Waals surface area (Å²) in [6, 6.07) is -6.68. The normalized spacial score (nSPS) is 15.1. The number of amides is 7. The summed E-state index contributed by atoms with van der Waals surface area (Å²) >= 11 is 2.62. The average molecular weight is 1080 g/mol. The Kier molecular flexibility index (Phi) is 22.5. The van der Waals surface area contributed by atoms with Crippen LogP contribution in [0.25, 0.3) is 10.7 Å². The fourth-order valence-corrected chi connectivity index (χ4v) is 9.36. The minimum absolute atomic E-state index is 0.0188. The SMILES string of the molecule is Cc1c(C(=O)N[C@H](C(=O)N[C@H](C)[C@@H](O)[C@H](C)C(=O)N[C@H](C(=O)NCCc2nc(-c3nc(C(=O)NCCC[S+](C)C)cs3)cs2)[C@@H](C)O)[C@@H](O)c2cnc[nH]2)nc([C@@H](CC(N)=O)NC[C@H](N)C(N)=O)nc1N(C)C. The van der Waals surface area contributed by atoms with Gasteiger partial charge in [0, 0.05) is 69.3 Å². The third-order valence-electron chi connectivity index (χ3n) is 11.2. The molecule has 0 spiro atoms. The van der Waals surface area contributed by atoms with Gasteiger partial charge in [0.1, 0.15) is 57.7 Å². The zero-order valence-corrected chi connectivity index (χ0v) is 44.2. The van der Waals surface area contributed by atoms with Gasteiger partial charge in [0.25, 0.3) is 11.8 Å². The Morgan fingerprint density at radius 1 is 0.849 bits per heavy atom. The minimum atomic E-state index is -1.79. The lowest BCUT2D eigenvalue weighted by Crippen LogP contribution is -2.57. The van der Waals surface area contributed by atoms with Crippen LogP contribution in [0.3, 0.4) is 0 Å². The summed E-state index contributed by atoms with van der Waals surface area (Å²) in [7, 11) is 3.56. The molecule has 0 radical (unpaired) electrons. The number of aliphatic hydroxyl groups is 3. The van der Waals surface area contributed by atoms with Crippen molar-refractivity contribution in [1.82, 2.24) is 61.8 Å². The summed E-state index contributed by atoms with van der Waals surface area (Å²) in [5.74, 6) is -5.56. The highest BCUT2D eigenvalue weighted by molar-refractivity contribution is 7.95. The van der Waals surface area contributed by atoms with Gasteiger partial charge in [0.2, 0.25) is 29.5 Å². The first-order valence-corrected chi connectivity index (χ1v) is 26.9. The van der Waals surface area contributed by atoms with Crippen LogP contribution in [0.15, 0.2) is 23.3 Å². The summed E-state index contributed by atoms with van der Waals surface area (Å²) in [5, 5.41) is 54.0. The third kappa shape index (κ3) is 17.2. The second-order valence-corrected chi connectivity index (χ2v) is 21.8. The van der Waals surface area contributed by atoms with Gasteiger partial charge in [-0.25, -0.2) is 24.9 Å². The molecule has 0 fully saturated rings. The zero-order valence-electron chi connectivity index (χ0n) is 41.8. The lowest BCUT2D eigenvalue weighted by atomic mass is 9.96. The molecule has 7 amide bonds. The van der Waals surface area contributed by atoms with E-state index < -0.39 is 89.9 Å². The van der Waals surface area contributed by atoms with Crippen molar-refractivity contribution in [3.63, 3.8) is 0 Å². The van der Waals surface area contributed by atoms with Crippen molar-refractivity contribution in [2.45, 2.75) is 95.5 Å². The molecule has 9 atom stereocenters. The summed E-state index contributed by atoms with van der Waals surface area (Å²) < 4.78 is 0. The molecule has 0 saturated carbocycles. The second-order valence-electron chi connectivity index (χ2n) is 17.6. The maximum Gasteiger partial charge on any atom is 0.271 e. The number of aliphatic hydroxyl groups excluding tert-OH is 3. The van der Waals surface area contributed by atoms with Crippen molar-refractivity contribution in [2.24, 2.45) is 23.1 Å². The molecule has 0 bridgehead atoms. The van der Waals surface area contributed by atoms with E-state index in [4.69, 9.17) is 17.2 Å². The molecule has 0 aliphatic carbocycles. The van der Waals surface area contributed by atoms with Crippen LogP contribution in [0.5, 0.6) is 0 Å². The van der Waals surface area contributed by atoms with E-state index >= 15 is 0 Å². The predicted molar refractivity (Wildman–Crippen MR) is 275 cm³/mol. The highest BCUT2D eigenvalue weighted by atomic mass is 32.2. The molecule has 4 heterocycles. The number of anilines is 1. The summed E-state index contributed by atoms with van der Waals surface area (Å²) in [6.45, 7) is 5.99. The third-order valence-corrected chi connectivity index (χ3v) is 14.1. The molecule has 0 saturated heterocycles. The largest absolute Gasteiger partial charge is 0.391 e. The lowest BCUT2D eigenvalue weighted by Gasteiger charge is -2.30. The standard InChI is InChI=1S/C44H66N16O10S3/c1-20-31(56-37(59-38(20)60(5)6)25(14-29(46)62)51-15-24(45)36(47)65)42(69)58-33(35(64)26-16-48-19-52-26)43(70)53-22(3)34(63)21(2)39(66)57-32(23(4)61)41(68)50-12-10-30-54-28(18-71-30)44-55-27(17-72-44)40(67)49-11-9-13-73(7)8/h16-19,21-25,32-35,51,61,63-64H,9-15,45H2,1-8H3,(H9-,46,47,48,49,50,52,53,57,58,62,65,66,67,68,69,70)/p+1/t21-,22+,23+,24-,25+,32-,33-,34-,35-/m0/s1. The Labute approximate surface area is 432 Å². The van der Waals surface area contributed by atoms with Crippen LogP contribution in [0, 0.1) is 12.8 Å². The van der Waals surface area contributed by atoms with Crippen LogP contribution >= 0.6 is 22.7 Å². The number of aromatic nitrogens is 6. The van der Waals surface area contributed by atoms with Crippen LogP contribution < -0.4 is 54.0 Å². The number of thiazole rings is 2. The Balaban J connectivity index is 1.41. The number of carbonyl (C=O) groups is 7. The predicted octanol–water partition coefficient (Wildman–Crippen LogP) is -2.97. The van der Waals surface area contributed by atoms with Gasteiger partial charge >= 0.3 is 0 Å². The number of imidazole rings is 1. The van der Waals surface area contributed by atoms with Crippen molar-refractivity contribution < 1.29 is 48.9 Å². The van der Waals surface area contributed by atoms with Gasteiger partial charge < -0.3 is 74.3 Å². The smallest absolute Gasteiger partial charge is 0.271 e. The first kappa shape index (κ1) is 59.4. The van der Waals surface area contributed by atoms with Gasteiger partial charge in [-0.2, -0.15) is 0 Å². The Hall–Kier alpha value is -6.21. The molecule has 0 aliphatic rings. The fraction of sp³-hybridized carbons (Fsp3) is 0.545. The van der Waals surface area contributed by atoms with Crippen molar-refractivity contribution in [3.8, 4) is 10.7 Å². The summed E-state index contributed by atoms with van der Waals surface area (Å²) in [5.41, 5.74) is 17.5. The molecule has 26 nitrogen and oxygen atoms in total. The number of nitrogens with zero attached hydrogens (tertiary/aromatic N) is 6. The summed E-state index contributed by atoms with van der Waals surface area (Å²) in [6.07, 6.45) is 2.81. The molecule has 4 aromatic rings. The number of hydrogen-bond acceptors (Lipinski definition) is 20. The highest BCUT2D eigenvalue weighted by Gasteiger charge is 2.37. The number of primary amides is 2. The zero-order chi connectivity index (χ0) is 54.3. The topological polar surface area (TPSA) is 414 Å². The van der Waals surface area contributed by atoms with Crippen LogP contribution in [-0.4, -0.2) is 175 Å². The first-order valence-electron chi connectivity index (χ1n) is 23.0. The molecule has 16 N–H and O–H groups in total. The fourth-order valence-electron chi connectivity index (χ4n) is 7.02. The van der Waals surface area contributed by atoms with Crippen molar-refractivity contribution >= 4 is 80.7 Å². The number of carbonyl (C=O) groups excluding carboxylic acids is 7. The second kappa shape index (κ2) is 27.7. The number of nitrogens with one attached hydrogen (secondary N) is 7. The maximum atomic E-state index is 14.2. The molecule has 4 rings (SSSR count). The van der Waals surface area contributed by atoms with Gasteiger partial charge in [-0.05, 0) is 31.7 Å². The molecular formula is C44H67N16O10S3+. The van der Waals surface area contributed by atoms with E-state index in [0.29, 0.717) is 45.3 Å². The molecule has 73 heavy (non-hydrogen) atoms. The van der Waals surface area contributed by atoms with Gasteiger partial charge in [-0.1, -0.05) is 6.92 Å². The van der Waals surface area contributed by atoms with Gasteiger partial charge in [-0.3, -0.25) is 33.6 Å². The van der Waals surface area contributed by atoms with Crippen LogP contribution in [0.1, 0.15) is 88.8 Å². The van der Waals surface area contributed by atoms with E-state index in [1.807, 2.05) is 0 Å². The van der Waals surface area contributed by atoms with Crippen molar-refractivity contribution in [1.29, 1.82) is 0 Å². The highest BCUT2D eigenvalue weighted by Crippen LogP contribution is 2.27. The van der Waals surface area contributed by atoms with Gasteiger partial charge in [0.15, 0.2) is 0 Å². The van der Waals surface area contributed by atoms with E-state index in [1.165, 1.54) is 62.9 Å². The van der Waals surface area contributed by atoms with E-state index in [9.17, 15) is 48.9 Å². The van der Waals surface area contributed by atoms with Gasteiger partial charge in [0.05, 0.1) is 72.0 Å². The van der Waals surface area contributed by atoms with Crippen LogP contribution in [0.2, 0.25) is 0 Å².